The van der Waals surface area contributed by atoms with Gasteiger partial charge in [-0.05, 0) is 51.2 Å². The van der Waals surface area contributed by atoms with Crippen molar-refractivity contribution in [3.05, 3.63) is 59.2 Å². The fourth-order valence-electron chi connectivity index (χ4n) is 2.80. The fourth-order valence-corrected chi connectivity index (χ4v) is 2.80. The quantitative estimate of drug-likeness (QED) is 0.667. The number of fused-ring (bicyclic) bond motifs is 3. The molecule has 140 valence electrons. The van der Waals surface area contributed by atoms with Gasteiger partial charge in [0.2, 0.25) is 0 Å². The smallest absolute Gasteiger partial charge is 0.336 e. The highest BCUT2D eigenvalue weighted by Crippen LogP contribution is 2.36. The van der Waals surface area contributed by atoms with Crippen molar-refractivity contribution in [1.82, 2.24) is 9.96 Å². The lowest BCUT2D eigenvalue weighted by Gasteiger charge is -2.31. The Balaban J connectivity index is 1.83. The average molecular weight is 366 g/mol. The lowest BCUT2D eigenvalue weighted by molar-refractivity contribution is -0.184. The normalized spacial score (nSPS) is 12.6. The summed E-state index contributed by atoms with van der Waals surface area (Å²) in [6, 6.07) is 12.3. The van der Waals surface area contributed by atoms with Gasteiger partial charge in [-0.15, -0.1) is 0 Å². The van der Waals surface area contributed by atoms with Gasteiger partial charge in [-0.1, -0.05) is 30.3 Å². The van der Waals surface area contributed by atoms with Crippen LogP contribution < -0.4 is 0 Å². The molecule has 1 aliphatic rings. The van der Waals surface area contributed by atoms with E-state index < -0.39 is 17.4 Å². The minimum Gasteiger partial charge on any atom is -0.336 e. The number of amides is 1. The standard InChI is InChI=1S/C21H22N2O4/c1-21(2,22(3)4)20(26)27-23(5)19(25)13-10-11-15-14-8-6-7-9-16(14)18(24)17(15)12-13/h6-12H,1-5H3. The Labute approximate surface area is 158 Å². The van der Waals surface area contributed by atoms with Crippen molar-refractivity contribution >= 4 is 17.7 Å². The van der Waals surface area contributed by atoms with E-state index in [-0.39, 0.29) is 11.3 Å². The van der Waals surface area contributed by atoms with E-state index in [0.717, 1.165) is 16.2 Å². The van der Waals surface area contributed by atoms with Crippen LogP contribution in [0.15, 0.2) is 42.5 Å². The number of carbonyl (C=O) groups is 3. The van der Waals surface area contributed by atoms with Gasteiger partial charge in [-0.3, -0.25) is 14.5 Å². The Bertz CT molecular complexity index is 947. The summed E-state index contributed by atoms with van der Waals surface area (Å²) in [5.74, 6) is -1.15. The van der Waals surface area contributed by atoms with Crippen molar-refractivity contribution in [2.24, 2.45) is 0 Å². The molecule has 1 amide bonds. The second kappa shape index (κ2) is 6.63. The molecule has 2 aromatic carbocycles. The van der Waals surface area contributed by atoms with Gasteiger partial charge in [0.25, 0.3) is 5.91 Å². The zero-order valence-electron chi connectivity index (χ0n) is 16.1. The second-order valence-electron chi connectivity index (χ2n) is 7.27. The summed E-state index contributed by atoms with van der Waals surface area (Å²) in [5.41, 5.74) is 2.18. The number of likely N-dealkylation sites (N-methyl/N-ethyl adjacent to an activating group) is 1. The first kappa shape index (κ1) is 18.8. The van der Waals surface area contributed by atoms with Crippen molar-refractivity contribution in [2.45, 2.75) is 19.4 Å². The van der Waals surface area contributed by atoms with E-state index in [1.165, 1.54) is 7.05 Å². The predicted octanol–water partition coefficient (Wildman–Crippen LogP) is 2.77. The summed E-state index contributed by atoms with van der Waals surface area (Å²) < 4.78 is 0. The molecule has 0 aromatic heterocycles. The molecule has 0 aliphatic heterocycles. The average Bonchev–Trinajstić information content (AvgIpc) is 2.93. The number of carbonyl (C=O) groups excluding carboxylic acids is 3. The summed E-state index contributed by atoms with van der Waals surface area (Å²) in [5, 5.41) is 0.905. The van der Waals surface area contributed by atoms with Crippen LogP contribution >= 0.6 is 0 Å². The van der Waals surface area contributed by atoms with Gasteiger partial charge in [0.15, 0.2) is 5.78 Å². The molecule has 0 heterocycles. The van der Waals surface area contributed by atoms with Gasteiger partial charge in [0.05, 0.1) is 0 Å². The highest BCUT2D eigenvalue weighted by molar-refractivity contribution is 6.22. The number of nitrogens with zero attached hydrogens (tertiary/aromatic N) is 2. The van der Waals surface area contributed by atoms with Gasteiger partial charge in [-0.2, -0.15) is 5.06 Å². The molecule has 6 nitrogen and oxygen atoms in total. The molecule has 1 aliphatic carbocycles. The predicted molar refractivity (Wildman–Crippen MR) is 101 cm³/mol. The summed E-state index contributed by atoms with van der Waals surface area (Å²) in [7, 11) is 4.90. The Kier molecular flexibility index (Phi) is 4.61. The molecule has 0 saturated heterocycles. The first-order valence-corrected chi connectivity index (χ1v) is 8.60. The summed E-state index contributed by atoms with van der Waals surface area (Å²) in [6.07, 6.45) is 0. The third-order valence-corrected chi connectivity index (χ3v) is 5.10. The number of hydroxylamine groups is 2. The number of hydrogen-bond acceptors (Lipinski definition) is 5. The van der Waals surface area contributed by atoms with Crippen molar-refractivity contribution in [3.63, 3.8) is 0 Å². The summed E-state index contributed by atoms with van der Waals surface area (Å²) >= 11 is 0. The van der Waals surface area contributed by atoms with Crippen LogP contribution in [0.4, 0.5) is 0 Å². The third kappa shape index (κ3) is 3.13. The zero-order chi connectivity index (χ0) is 19.9. The highest BCUT2D eigenvalue weighted by Gasteiger charge is 2.34. The number of ketones is 1. The Morgan fingerprint density at radius 2 is 1.48 bits per heavy atom. The van der Waals surface area contributed by atoms with Crippen molar-refractivity contribution in [1.29, 1.82) is 0 Å². The van der Waals surface area contributed by atoms with E-state index in [9.17, 15) is 14.4 Å². The molecular formula is C21H22N2O4. The molecule has 0 N–H and O–H groups in total. The number of hydrogen-bond donors (Lipinski definition) is 0. The summed E-state index contributed by atoms with van der Waals surface area (Å²) in [6.45, 7) is 3.41. The van der Waals surface area contributed by atoms with Gasteiger partial charge < -0.3 is 4.84 Å². The Hall–Kier alpha value is -2.99. The molecule has 3 rings (SSSR count). The zero-order valence-corrected chi connectivity index (χ0v) is 16.1. The molecule has 0 atom stereocenters. The molecule has 0 saturated carbocycles. The maximum absolute atomic E-state index is 12.7. The van der Waals surface area contributed by atoms with E-state index in [2.05, 4.69) is 0 Å². The SMILES string of the molecule is CN(OC(=O)C(C)(C)N(C)C)C(=O)c1ccc2c(c1)C(=O)c1ccccc1-2. The first-order valence-electron chi connectivity index (χ1n) is 8.60. The highest BCUT2D eigenvalue weighted by atomic mass is 16.7. The van der Waals surface area contributed by atoms with E-state index in [4.69, 9.17) is 4.84 Å². The minimum atomic E-state index is -0.885. The van der Waals surface area contributed by atoms with Gasteiger partial charge in [-0.25, -0.2) is 4.79 Å². The van der Waals surface area contributed by atoms with Gasteiger partial charge in [0.1, 0.15) is 5.54 Å². The monoisotopic (exact) mass is 366 g/mol. The molecule has 6 heteroatoms. The van der Waals surface area contributed by atoms with Crippen LogP contribution in [0.3, 0.4) is 0 Å². The van der Waals surface area contributed by atoms with E-state index in [0.29, 0.717) is 11.1 Å². The van der Waals surface area contributed by atoms with Crippen molar-refractivity contribution in [3.8, 4) is 11.1 Å². The Morgan fingerprint density at radius 1 is 0.889 bits per heavy atom. The van der Waals surface area contributed by atoms with Crippen LogP contribution in [-0.2, 0) is 9.63 Å². The molecular weight excluding hydrogens is 344 g/mol. The van der Waals surface area contributed by atoms with Crippen LogP contribution in [0, 0.1) is 0 Å². The summed E-state index contributed by atoms with van der Waals surface area (Å²) in [4.78, 5) is 44.5. The van der Waals surface area contributed by atoms with E-state index in [1.54, 1.807) is 57.1 Å². The lowest BCUT2D eigenvalue weighted by Crippen LogP contribution is -2.49. The lowest BCUT2D eigenvalue weighted by atomic mass is 10.0. The first-order chi connectivity index (χ1) is 12.6. The van der Waals surface area contributed by atoms with E-state index in [1.807, 2.05) is 18.2 Å². The largest absolute Gasteiger partial charge is 0.351 e. The maximum Gasteiger partial charge on any atom is 0.351 e. The molecule has 0 unspecified atom stereocenters. The van der Waals surface area contributed by atoms with Crippen LogP contribution in [0.5, 0.6) is 0 Å². The van der Waals surface area contributed by atoms with Crippen molar-refractivity contribution < 1.29 is 19.2 Å². The number of rotatable bonds is 3. The Morgan fingerprint density at radius 3 is 2.11 bits per heavy atom. The topological polar surface area (TPSA) is 66.9 Å². The molecule has 27 heavy (non-hydrogen) atoms. The third-order valence-electron chi connectivity index (χ3n) is 5.10. The minimum absolute atomic E-state index is 0.108. The van der Waals surface area contributed by atoms with Crippen LogP contribution in [0.25, 0.3) is 11.1 Å². The molecule has 0 bridgehead atoms. The fraction of sp³-hybridized carbons (Fsp3) is 0.286. The molecule has 0 spiro atoms. The van der Waals surface area contributed by atoms with Crippen LogP contribution in [0.1, 0.15) is 40.1 Å². The van der Waals surface area contributed by atoms with Crippen LogP contribution in [0.2, 0.25) is 0 Å². The molecule has 0 fully saturated rings. The maximum atomic E-state index is 12.7. The van der Waals surface area contributed by atoms with E-state index >= 15 is 0 Å². The second-order valence-corrected chi connectivity index (χ2v) is 7.27. The number of benzene rings is 2. The van der Waals surface area contributed by atoms with Crippen LogP contribution in [-0.4, -0.2) is 54.3 Å². The molecule has 2 aromatic rings. The molecule has 0 radical (unpaired) electrons. The van der Waals surface area contributed by atoms with Gasteiger partial charge in [0, 0.05) is 23.7 Å². The van der Waals surface area contributed by atoms with Gasteiger partial charge >= 0.3 is 5.97 Å². The van der Waals surface area contributed by atoms with Crippen molar-refractivity contribution in [2.75, 3.05) is 21.1 Å².